The largest absolute Gasteiger partial charge is 0.383 e. The Bertz CT molecular complexity index is 699. The lowest BCUT2D eigenvalue weighted by Gasteiger charge is -2.37. The molecule has 1 aromatic carbocycles. The van der Waals surface area contributed by atoms with E-state index in [1.807, 2.05) is 86.3 Å². The Morgan fingerprint density at radius 3 is 2.32 bits per heavy atom. The van der Waals surface area contributed by atoms with Crippen LogP contribution >= 0.6 is 0 Å². The van der Waals surface area contributed by atoms with Gasteiger partial charge in [0.1, 0.15) is 6.04 Å². The summed E-state index contributed by atoms with van der Waals surface area (Å²) in [4.78, 5) is 33.4. The fraction of sp³-hybridized carbons (Fsp3) is 0.474. The van der Waals surface area contributed by atoms with Gasteiger partial charge in [-0.05, 0) is 26.6 Å². The van der Waals surface area contributed by atoms with Crippen molar-refractivity contribution >= 4 is 11.8 Å². The Balaban J connectivity index is 1.96. The Labute approximate surface area is 149 Å². The van der Waals surface area contributed by atoms with Crippen LogP contribution in [-0.2, 0) is 9.59 Å². The molecule has 1 aromatic rings. The number of carbonyl (C=O) groups excluding carboxylic acids is 2. The molecule has 0 saturated carbocycles. The maximum atomic E-state index is 13.2. The van der Waals surface area contributed by atoms with Crippen molar-refractivity contribution in [1.82, 2.24) is 19.6 Å². The Kier molecular flexibility index (Phi) is 4.56. The highest BCUT2D eigenvalue weighted by Gasteiger charge is 2.55. The molecule has 2 saturated heterocycles. The molecule has 0 aromatic heterocycles. The van der Waals surface area contributed by atoms with E-state index in [1.165, 1.54) is 0 Å². The minimum absolute atomic E-state index is 0.0190. The SMILES string of the molecule is C[C@@H](c1ccccc1)N1C(=O)C2C/C(=C\N(C)C)C(=O)N2C1N(C)C. The molecule has 0 aliphatic carbocycles. The third kappa shape index (κ3) is 2.91. The lowest BCUT2D eigenvalue weighted by molar-refractivity contribution is -0.137. The van der Waals surface area contributed by atoms with Gasteiger partial charge in [0.2, 0.25) is 5.91 Å². The fourth-order valence-corrected chi connectivity index (χ4v) is 3.79. The highest BCUT2D eigenvalue weighted by Crippen LogP contribution is 2.39. The minimum atomic E-state index is -0.405. The van der Waals surface area contributed by atoms with Crippen molar-refractivity contribution in [2.24, 2.45) is 0 Å². The zero-order valence-electron chi connectivity index (χ0n) is 15.5. The summed E-state index contributed by atoms with van der Waals surface area (Å²) in [7, 11) is 7.59. The first-order valence-electron chi connectivity index (χ1n) is 8.56. The average Bonchev–Trinajstić information content (AvgIpc) is 3.03. The maximum absolute atomic E-state index is 13.2. The predicted molar refractivity (Wildman–Crippen MR) is 96.2 cm³/mol. The quantitative estimate of drug-likeness (QED) is 0.778. The molecule has 2 fully saturated rings. The van der Waals surface area contributed by atoms with Gasteiger partial charge in [-0.15, -0.1) is 0 Å². The zero-order valence-corrected chi connectivity index (χ0v) is 15.5. The number of benzene rings is 1. The molecule has 2 heterocycles. The lowest BCUT2D eigenvalue weighted by Crippen LogP contribution is -2.51. The van der Waals surface area contributed by atoms with E-state index in [-0.39, 0.29) is 24.1 Å². The van der Waals surface area contributed by atoms with Gasteiger partial charge in [0.15, 0.2) is 6.29 Å². The van der Waals surface area contributed by atoms with E-state index < -0.39 is 6.04 Å². The topological polar surface area (TPSA) is 47.1 Å². The van der Waals surface area contributed by atoms with Gasteiger partial charge in [-0.2, -0.15) is 0 Å². The maximum Gasteiger partial charge on any atom is 0.254 e. The number of amides is 2. The summed E-state index contributed by atoms with van der Waals surface area (Å²) in [5.41, 5.74) is 1.77. The average molecular weight is 342 g/mol. The van der Waals surface area contributed by atoms with Crippen LogP contribution in [0.3, 0.4) is 0 Å². The number of fused-ring (bicyclic) bond motifs is 1. The molecule has 25 heavy (non-hydrogen) atoms. The van der Waals surface area contributed by atoms with E-state index >= 15 is 0 Å². The van der Waals surface area contributed by atoms with Gasteiger partial charge in [0, 0.05) is 32.3 Å². The van der Waals surface area contributed by atoms with Crippen molar-refractivity contribution in [2.45, 2.75) is 31.7 Å². The molecule has 2 aliphatic heterocycles. The summed E-state index contributed by atoms with van der Waals surface area (Å²) in [6, 6.07) is 9.45. The van der Waals surface area contributed by atoms with E-state index in [4.69, 9.17) is 0 Å². The van der Waals surface area contributed by atoms with Crippen LogP contribution in [0, 0.1) is 0 Å². The van der Waals surface area contributed by atoms with Gasteiger partial charge in [-0.3, -0.25) is 19.4 Å². The van der Waals surface area contributed by atoms with Gasteiger partial charge >= 0.3 is 0 Å². The molecule has 6 nitrogen and oxygen atoms in total. The first-order chi connectivity index (χ1) is 11.8. The molecule has 134 valence electrons. The van der Waals surface area contributed by atoms with E-state index in [1.54, 1.807) is 4.90 Å². The summed E-state index contributed by atoms with van der Waals surface area (Å²) in [5, 5.41) is 0. The van der Waals surface area contributed by atoms with Crippen LogP contribution in [-0.4, -0.2) is 71.9 Å². The van der Waals surface area contributed by atoms with Crippen LogP contribution < -0.4 is 0 Å². The summed E-state index contributed by atoms with van der Waals surface area (Å²) < 4.78 is 0. The second-order valence-electron chi connectivity index (χ2n) is 7.19. The van der Waals surface area contributed by atoms with Crippen molar-refractivity contribution in [3.05, 3.63) is 47.7 Å². The molecule has 3 atom stereocenters. The van der Waals surface area contributed by atoms with Gasteiger partial charge < -0.3 is 9.80 Å². The van der Waals surface area contributed by atoms with Crippen LogP contribution in [0.4, 0.5) is 0 Å². The Hall–Kier alpha value is -2.34. The molecule has 0 spiro atoms. The second kappa shape index (κ2) is 6.52. The summed E-state index contributed by atoms with van der Waals surface area (Å²) >= 11 is 0. The standard InChI is InChI=1S/C19H26N4O2/c1-13(14-9-7-6-8-10-14)22-18(25)16-11-15(12-20(2)3)17(24)23(16)19(22)21(4)5/h6-10,12-13,16,19H,11H2,1-5H3/b15-12+/t13-,16?,19?/m0/s1. The molecular weight excluding hydrogens is 316 g/mol. The van der Waals surface area contributed by atoms with E-state index in [0.29, 0.717) is 12.0 Å². The molecule has 2 unspecified atom stereocenters. The molecule has 0 N–H and O–H groups in total. The zero-order chi connectivity index (χ0) is 18.3. The van der Waals surface area contributed by atoms with Crippen molar-refractivity contribution in [1.29, 1.82) is 0 Å². The highest BCUT2D eigenvalue weighted by atomic mass is 16.2. The van der Waals surface area contributed by atoms with Crippen molar-refractivity contribution in [2.75, 3.05) is 28.2 Å². The normalized spacial score (nSPS) is 25.9. The number of hydrogen-bond donors (Lipinski definition) is 0. The first kappa shape index (κ1) is 17.5. The molecule has 3 rings (SSSR count). The number of hydrogen-bond acceptors (Lipinski definition) is 4. The Morgan fingerprint density at radius 2 is 1.76 bits per heavy atom. The first-order valence-corrected chi connectivity index (χ1v) is 8.56. The number of nitrogens with zero attached hydrogens (tertiary/aromatic N) is 4. The van der Waals surface area contributed by atoms with Gasteiger partial charge in [-0.25, -0.2) is 0 Å². The third-order valence-corrected chi connectivity index (χ3v) is 4.87. The summed E-state index contributed by atoms with van der Waals surface area (Å²) in [6.45, 7) is 2.02. The van der Waals surface area contributed by atoms with Crippen molar-refractivity contribution in [3.8, 4) is 0 Å². The van der Waals surface area contributed by atoms with Crippen LogP contribution in [0.5, 0.6) is 0 Å². The van der Waals surface area contributed by atoms with Gasteiger partial charge in [-0.1, -0.05) is 30.3 Å². The molecule has 0 radical (unpaired) electrons. The highest BCUT2D eigenvalue weighted by molar-refractivity contribution is 6.03. The van der Waals surface area contributed by atoms with Crippen molar-refractivity contribution in [3.63, 3.8) is 0 Å². The monoisotopic (exact) mass is 342 g/mol. The van der Waals surface area contributed by atoms with Crippen molar-refractivity contribution < 1.29 is 9.59 Å². The minimum Gasteiger partial charge on any atom is -0.383 e. The molecule has 2 aliphatic rings. The summed E-state index contributed by atoms with van der Waals surface area (Å²) in [5.74, 6) is -0.0286. The van der Waals surface area contributed by atoms with Gasteiger partial charge in [0.25, 0.3) is 5.91 Å². The van der Waals surface area contributed by atoms with Crippen LogP contribution in [0.25, 0.3) is 0 Å². The van der Waals surface area contributed by atoms with Crippen LogP contribution in [0.1, 0.15) is 24.9 Å². The Morgan fingerprint density at radius 1 is 1.12 bits per heavy atom. The van der Waals surface area contributed by atoms with E-state index in [9.17, 15) is 9.59 Å². The smallest absolute Gasteiger partial charge is 0.254 e. The van der Waals surface area contributed by atoms with Crippen LogP contribution in [0.2, 0.25) is 0 Å². The summed E-state index contributed by atoms with van der Waals surface area (Å²) in [6.07, 6.45) is 1.93. The molecular formula is C19H26N4O2. The van der Waals surface area contributed by atoms with Crippen LogP contribution in [0.15, 0.2) is 42.1 Å². The third-order valence-electron chi connectivity index (χ3n) is 4.87. The fourth-order valence-electron chi connectivity index (χ4n) is 3.79. The number of carbonyl (C=O) groups is 2. The molecule has 2 amide bonds. The second-order valence-corrected chi connectivity index (χ2v) is 7.19. The van der Waals surface area contributed by atoms with E-state index in [0.717, 1.165) is 5.56 Å². The van der Waals surface area contributed by atoms with Gasteiger partial charge in [0.05, 0.1) is 6.04 Å². The van der Waals surface area contributed by atoms with E-state index in [2.05, 4.69) is 0 Å². The molecule has 0 bridgehead atoms. The lowest BCUT2D eigenvalue weighted by atomic mass is 10.1. The predicted octanol–water partition coefficient (Wildman–Crippen LogP) is 1.48. The number of rotatable bonds is 4. The molecule has 6 heteroatoms.